The zero-order valence-electron chi connectivity index (χ0n) is 8.82. The van der Waals surface area contributed by atoms with Crippen molar-refractivity contribution in [3.63, 3.8) is 0 Å². The summed E-state index contributed by atoms with van der Waals surface area (Å²) in [6, 6.07) is 0. The lowest BCUT2D eigenvalue weighted by molar-refractivity contribution is 1.01. The largest absolute Gasteiger partial charge is 0.323 e. The lowest BCUT2D eigenvalue weighted by Crippen LogP contribution is -2.06. The predicted molar refractivity (Wildman–Crippen MR) is 62.6 cm³/mol. The third kappa shape index (κ3) is 3.57. The Kier molecular flexibility index (Phi) is 4.59. The third-order valence-corrected chi connectivity index (χ3v) is 2.65. The summed E-state index contributed by atoms with van der Waals surface area (Å²) in [7, 11) is 0. The molecule has 6 N–H and O–H groups in total. The summed E-state index contributed by atoms with van der Waals surface area (Å²) in [5.74, 6) is 15.9. The maximum absolute atomic E-state index is 5.29. The van der Waals surface area contributed by atoms with Gasteiger partial charge < -0.3 is 17.5 Å². The molecule has 1 aliphatic rings. The van der Waals surface area contributed by atoms with Crippen molar-refractivity contribution >= 4 is 17.1 Å². The van der Waals surface area contributed by atoms with Crippen LogP contribution in [-0.2, 0) is 0 Å². The minimum absolute atomic E-state index is 0.824. The molecule has 1 saturated carbocycles. The van der Waals surface area contributed by atoms with Crippen LogP contribution in [0.4, 0.5) is 0 Å². The van der Waals surface area contributed by atoms with Gasteiger partial charge >= 0.3 is 0 Å². The highest BCUT2D eigenvalue weighted by Crippen LogP contribution is 2.12. The number of rotatable bonds is 0. The summed E-state index contributed by atoms with van der Waals surface area (Å²) in [5, 5.41) is 11.3. The molecule has 84 valence electrons. The van der Waals surface area contributed by atoms with Gasteiger partial charge in [0, 0.05) is 17.1 Å². The molecule has 6 nitrogen and oxygen atoms in total. The van der Waals surface area contributed by atoms with E-state index in [9.17, 15) is 0 Å². The van der Waals surface area contributed by atoms with Gasteiger partial charge in [-0.05, 0) is 38.5 Å². The highest BCUT2D eigenvalue weighted by Gasteiger charge is 2.11. The quantitative estimate of drug-likeness (QED) is 0.394. The Morgan fingerprint density at radius 1 is 0.533 bits per heavy atom. The molecule has 1 rings (SSSR count). The van der Waals surface area contributed by atoms with Crippen LogP contribution < -0.4 is 17.5 Å². The number of hydrogen-bond donors (Lipinski definition) is 3. The van der Waals surface area contributed by atoms with Gasteiger partial charge in [-0.15, -0.1) is 0 Å². The Labute approximate surface area is 89.3 Å². The van der Waals surface area contributed by atoms with Gasteiger partial charge in [-0.25, -0.2) is 0 Å². The van der Waals surface area contributed by atoms with Crippen molar-refractivity contribution in [2.24, 2.45) is 32.8 Å². The lowest BCUT2D eigenvalue weighted by Gasteiger charge is -2.02. The molecule has 0 unspecified atom stereocenters. The molecule has 0 aromatic carbocycles. The molecule has 0 spiro atoms. The minimum atomic E-state index is 0.824. The van der Waals surface area contributed by atoms with E-state index in [1.54, 1.807) is 0 Å². The molecular formula is C9H18N6. The first-order valence-corrected chi connectivity index (χ1v) is 5.07. The normalized spacial score (nSPS) is 18.8. The van der Waals surface area contributed by atoms with E-state index >= 15 is 0 Å². The standard InChI is InChI=1S/C9H18N6/c10-13-7-1-2-8(14-11)5-6-9(15-12)4-3-7/h1-6,10-12H2. The topological polar surface area (TPSA) is 115 Å². The van der Waals surface area contributed by atoms with E-state index in [4.69, 9.17) is 17.5 Å². The van der Waals surface area contributed by atoms with Crippen LogP contribution in [0, 0.1) is 0 Å². The van der Waals surface area contributed by atoms with Crippen molar-refractivity contribution in [2.75, 3.05) is 0 Å². The van der Waals surface area contributed by atoms with Crippen LogP contribution in [-0.4, -0.2) is 17.1 Å². The second-order valence-electron chi connectivity index (χ2n) is 3.59. The Bertz CT molecular complexity index is 225. The van der Waals surface area contributed by atoms with Gasteiger partial charge in [0.15, 0.2) is 0 Å². The molecular weight excluding hydrogens is 192 g/mol. The zero-order chi connectivity index (χ0) is 11.1. The highest BCUT2D eigenvalue weighted by molar-refractivity contribution is 5.98. The molecule has 0 aromatic heterocycles. The van der Waals surface area contributed by atoms with Gasteiger partial charge in [0.25, 0.3) is 0 Å². The molecule has 0 amide bonds. The maximum Gasteiger partial charge on any atom is 0.0383 e. The molecule has 6 heteroatoms. The van der Waals surface area contributed by atoms with Crippen LogP contribution in [0.2, 0.25) is 0 Å². The first kappa shape index (κ1) is 11.5. The van der Waals surface area contributed by atoms with Crippen LogP contribution in [0.3, 0.4) is 0 Å². The van der Waals surface area contributed by atoms with Crippen molar-refractivity contribution < 1.29 is 0 Å². The molecule has 15 heavy (non-hydrogen) atoms. The second kappa shape index (κ2) is 6.00. The molecule has 1 fully saturated rings. The first-order valence-electron chi connectivity index (χ1n) is 5.07. The van der Waals surface area contributed by atoms with Crippen molar-refractivity contribution in [1.29, 1.82) is 0 Å². The average molecular weight is 210 g/mol. The van der Waals surface area contributed by atoms with E-state index in [0.29, 0.717) is 0 Å². The first-order chi connectivity index (χ1) is 7.30. The molecule has 0 aliphatic heterocycles. The van der Waals surface area contributed by atoms with Gasteiger partial charge in [-0.2, -0.15) is 15.3 Å². The average Bonchev–Trinajstić information content (AvgIpc) is 2.38. The Hall–Kier alpha value is -1.59. The molecule has 0 bridgehead atoms. The molecule has 0 heterocycles. The van der Waals surface area contributed by atoms with Crippen molar-refractivity contribution in [3.8, 4) is 0 Å². The van der Waals surface area contributed by atoms with E-state index in [1.807, 2.05) is 0 Å². The van der Waals surface area contributed by atoms with E-state index < -0.39 is 0 Å². The van der Waals surface area contributed by atoms with E-state index in [1.165, 1.54) is 0 Å². The van der Waals surface area contributed by atoms with E-state index in [2.05, 4.69) is 15.3 Å². The fraction of sp³-hybridized carbons (Fsp3) is 0.667. The summed E-state index contributed by atoms with van der Waals surface area (Å²) in [6.45, 7) is 0. The molecule has 0 aromatic rings. The Balaban J connectivity index is 2.72. The van der Waals surface area contributed by atoms with E-state index in [0.717, 1.165) is 55.7 Å². The number of nitrogens with zero attached hydrogens (tertiary/aromatic N) is 3. The predicted octanol–water partition coefficient (Wildman–Crippen LogP) is 0.285. The summed E-state index contributed by atoms with van der Waals surface area (Å²) < 4.78 is 0. The number of hydrazone groups is 3. The van der Waals surface area contributed by atoms with E-state index in [-0.39, 0.29) is 0 Å². The van der Waals surface area contributed by atoms with Gasteiger partial charge in [0.1, 0.15) is 0 Å². The fourth-order valence-corrected chi connectivity index (χ4v) is 1.63. The third-order valence-electron chi connectivity index (χ3n) is 2.65. The monoisotopic (exact) mass is 210 g/mol. The summed E-state index contributed by atoms with van der Waals surface area (Å²) in [4.78, 5) is 0. The SMILES string of the molecule is NN=C1CCC(=NN)CCC(=NN)CC1. The van der Waals surface area contributed by atoms with Crippen molar-refractivity contribution in [1.82, 2.24) is 0 Å². The Morgan fingerprint density at radius 3 is 0.867 bits per heavy atom. The fourth-order valence-electron chi connectivity index (χ4n) is 1.63. The van der Waals surface area contributed by atoms with Gasteiger partial charge in [0.05, 0.1) is 0 Å². The summed E-state index contributed by atoms with van der Waals surface area (Å²) >= 11 is 0. The van der Waals surface area contributed by atoms with Gasteiger partial charge in [-0.3, -0.25) is 0 Å². The van der Waals surface area contributed by atoms with Crippen molar-refractivity contribution in [2.45, 2.75) is 38.5 Å². The second-order valence-corrected chi connectivity index (χ2v) is 3.59. The van der Waals surface area contributed by atoms with Gasteiger partial charge in [0.2, 0.25) is 0 Å². The van der Waals surface area contributed by atoms with Crippen LogP contribution in [0.25, 0.3) is 0 Å². The number of hydrogen-bond acceptors (Lipinski definition) is 6. The van der Waals surface area contributed by atoms with Crippen LogP contribution in [0.15, 0.2) is 15.3 Å². The van der Waals surface area contributed by atoms with Crippen molar-refractivity contribution in [3.05, 3.63) is 0 Å². The molecule has 0 radical (unpaired) electrons. The Morgan fingerprint density at radius 2 is 0.733 bits per heavy atom. The molecule has 0 atom stereocenters. The summed E-state index contributed by atoms with van der Waals surface area (Å²) in [5.41, 5.74) is 2.91. The molecule has 0 saturated heterocycles. The van der Waals surface area contributed by atoms with Crippen LogP contribution in [0.5, 0.6) is 0 Å². The summed E-state index contributed by atoms with van der Waals surface area (Å²) in [6.07, 6.45) is 4.94. The lowest BCUT2D eigenvalue weighted by atomic mass is 10.1. The van der Waals surface area contributed by atoms with Crippen LogP contribution >= 0.6 is 0 Å². The highest BCUT2D eigenvalue weighted by atomic mass is 15.1. The smallest absolute Gasteiger partial charge is 0.0383 e. The maximum atomic E-state index is 5.29. The zero-order valence-corrected chi connectivity index (χ0v) is 8.82. The van der Waals surface area contributed by atoms with Crippen LogP contribution in [0.1, 0.15) is 38.5 Å². The minimum Gasteiger partial charge on any atom is -0.323 e. The molecule has 1 aliphatic carbocycles. The van der Waals surface area contributed by atoms with Gasteiger partial charge in [-0.1, -0.05) is 0 Å². The number of nitrogens with two attached hydrogens (primary N) is 3.